The van der Waals surface area contributed by atoms with E-state index in [1.54, 1.807) is 33.8 Å². The van der Waals surface area contributed by atoms with Crippen molar-refractivity contribution in [3.05, 3.63) is 29.8 Å². The summed E-state index contributed by atoms with van der Waals surface area (Å²) in [6.45, 7) is 0. The van der Waals surface area contributed by atoms with Gasteiger partial charge in [-0.15, -0.1) is 0 Å². The fraction of sp³-hybridized carbons (Fsp3) is 0.125. The minimum atomic E-state index is -0.284. The Labute approximate surface area is 90.1 Å². The predicted molar refractivity (Wildman–Crippen MR) is 43.2 cm³/mol. The maximum absolute atomic E-state index is 10.9. The van der Waals surface area contributed by atoms with Crippen molar-refractivity contribution in [2.45, 2.75) is 0 Å². The van der Waals surface area contributed by atoms with Crippen LogP contribution in [0.25, 0.3) is 0 Å². The molecule has 0 atom stereocenters. The Hall–Kier alpha value is -0.254. The molecule has 0 aromatic heterocycles. The zero-order chi connectivity index (χ0) is 8.27. The van der Waals surface area contributed by atoms with E-state index >= 15 is 0 Å². The van der Waals surface area contributed by atoms with E-state index in [0.717, 1.165) is 3.69 Å². The molecule has 0 bridgehead atoms. The zero-order valence-electron chi connectivity index (χ0n) is 6.71. The van der Waals surface area contributed by atoms with Gasteiger partial charge in [0.1, 0.15) is 0 Å². The van der Waals surface area contributed by atoms with E-state index in [1.165, 1.54) is 7.11 Å². The van der Waals surface area contributed by atoms with Crippen molar-refractivity contribution < 1.29 is 21.9 Å². The second kappa shape index (κ2) is 5.40. The molecule has 4 heteroatoms. The van der Waals surface area contributed by atoms with Crippen molar-refractivity contribution in [1.29, 1.82) is 0 Å². The molecule has 0 unspecified atom stereocenters. The van der Waals surface area contributed by atoms with E-state index in [0.29, 0.717) is 5.56 Å². The van der Waals surface area contributed by atoms with Crippen LogP contribution in [0.5, 0.6) is 0 Å². The molecule has 0 heterocycles. The van der Waals surface area contributed by atoms with Gasteiger partial charge in [0.05, 0.1) is 0 Å². The molecular formula is C8H7ClMgO2. The molecule has 0 N–H and O–H groups in total. The number of methoxy groups -OCH3 is 1. The van der Waals surface area contributed by atoms with Gasteiger partial charge in [-0.25, -0.2) is 0 Å². The SMILES string of the molecule is COC(=O)c1cc[c]([Mg+])cc1.[Cl-]. The molecule has 0 radical (unpaired) electrons. The summed E-state index contributed by atoms with van der Waals surface area (Å²) >= 11 is 1.78. The smallest absolute Gasteiger partial charge is 1.00 e. The normalized spacial score (nSPS) is 8.58. The Morgan fingerprint density at radius 2 is 1.83 bits per heavy atom. The minimum Gasteiger partial charge on any atom is -1.00 e. The molecule has 0 saturated carbocycles. The van der Waals surface area contributed by atoms with Gasteiger partial charge in [0.15, 0.2) is 0 Å². The van der Waals surface area contributed by atoms with Gasteiger partial charge in [-0.2, -0.15) is 0 Å². The molecule has 12 heavy (non-hydrogen) atoms. The first-order chi connectivity index (χ1) is 5.24. The van der Waals surface area contributed by atoms with Gasteiger partial charge in [0, 0.05) is 0 Å². The molecule has 1 rings (SSSR count). The van der Waals surface area contributed by atoms with Crippen LogP contribution in [-0.2, 0) is 4.74 Å². The van der Waals surface area contributed by atoms with E-state index in [9.17, 15) is 4.79 Å². The van der Waals surface area contributed by atoms with Gasteiger partial charge in [-0.1, -0.05) is 0 Å². The minimum absolute atomic E-state index is 0. The molecule has 0 amide bonds. The number of halogens is 1. The summed E-state index contributed by atoms with van der Waals surface area (Å²) in [6.07, 6.45) is 0. The van der Waals surface area contributed by atoms with Gasteiger partial charge in [0.2, 0.25) is 0 Å². The fourth-order valence-electron chi connectivity index (χ4n) is 0.759. The topological polar surface area (TPSA) is 26.3 Å². The van der Waals surface area contributed by atoms with Crippen LogP contribution < -0.4 is 16.1 Å². The maximum atomic E-state index is 10.9. The van der Waals surface area contributed by atoms with Crippen LogP contribution in [0.2, 0.25) is 0 Å². The van der Waals surface area contributed by atoms with Crippen molar-refractivity contribution in [2.75, 3.05) is 7.11 Å². The molecule has 0 aliphatic carbocycles. The Morgan fingerprint density at radius 1 is 1.33 bits per heavy atom. The van der Waals surface area contributed by atoms with Crippen LogP contribution in [0, 0.1) is 0 Å². The number of benzene rings is 1. The first-order valence-electron chi connectivity index (χ1n) is 3.24. The first-order valence-corrected chi connectivity index (χ1v) is 3.95. The van der Waals surface area contributed by atoms with E-state index in [2.05, 4.69) is 4.74 Å². The third-order valence-electron chi connectivity index (χ3n) is 1.38. The van der Waals surface area contributed by atoms with Crippen LogP contribution in [-0.4, -0.2) is 34.8 Å². The molecule has 1 aromatic carbocycles. The first kappa shape index (κ1) is 11.7. The predicted octanol–water partition coefficient (Wildman–Crippen LogP) is -2.73. The molecule has 1 aromatic rings. The second-order valence-corrected chi connectivity index (χ2v) is 3.01. The molecular weight excluding hydrogens is 188 g/mol. The van der Waals surface area contributed by atoms with Gasteiger partial charge < -0.3 is 12.4 Å². The number of esters is 1. The summed E-state index contributed by atoms with van der Waals surface area (Å²) in [5.41, 5.74) is 0.600. The average molecular weight is 195 g/mol. The third-order valence-corrected chi connectivity index (χ3v) is 1.85. The van der Waals surface area contributed by atoms with E-state index in [-0.39, 0.29) is 18.4 Å². The monoisotopic (exact) mass is 194 g/mol. The van der Waals surface area contributed by atoms with Crippen molar-refractivity contribution in [3.8, 4) is 0 Å². The van der Waals surface area contributed by atoms with Crippen LogP contribution in [0.1, 0.15) is 10.4 Å². The van der Waals surface area contributed by atoms with Crippen molar-refractivity contribution in [1.82, 2.24) is 0 Å². The number of ether oxygens (including phenoxy) is 1. The summed E-state index contributed by atoms with van der Waals surface area (Å²) in [5.74, 6) is -0.284. The second-order valence-electron chi connectivity index (χ2n) is 2.19. The van der Waals surface area contributed by atoms with E-state index in [1.807, 2.05) is 12.1 Å². The quantitative estimate of drug-likeness (QED) is 0.359. The molecule has 0 aliphatic heterocycles. The molecule has 2 nitrogen and oxygen atoms in total. The van der Waals surface area contributed by atoms with Crippen LogP contribution in [0.15, 0.2) is 24.3 Å². The van der Waals surface area contributed by atoms with E-state index < -0.39 is 0 Å². The summed E-state index contributed by atoms with van der Waals surface area (Å²) < 4.78 is 5.70. The standard InChI is InChI=1S/C8H7O2.ClH.Mg/c1-10-8(9)7-5-3-2-4-6-7;;/h3-6H,1H3;1H;/q;;+1/p-1. The molecule has 60 valence electrons. The fourth-order valence-corrected chi connectivity index (χ4v) is 0.994. The van der Waals surface area contributed by atoms with E-state index in [4.69, 9.17) is 0 Å². The molecule has 0 spiro atoms. The van der Waals surface area contributed by atoms with Crippen molar-refractivity contribution >= 4 is 31.4 Å². The third kappa shape index (κ3) is 3.01. The van der Waals surface area contributed by atoms with Gasteiger partial charge in [0.25, 0.3) is 0 Å². The molecule has 0 aliphatic rings. The van der Waals surface area contributed by atoms with Gasteiger partial charge in [-0.05, 0) is 0 Å². The largest absolute Gasteiger partial charge is 1.00 e. The van der Waals surface area contributed by atoms with Crippen LogP contribution in [0.3, 0.4) is 0 Å². The average Bonchev–Trinajstić information content (AvgIpc) is 2.05. The Morgan fingerprint density at radius 3 is 2.25 bits per heavy atom. The zero-order valence-corrected chi connectivity index (χ0v) is 8.88. The van der Waals surface area contributed by atoms with Gasteiger partial charge >= 0.3 is 77.8 Å². The number of carbonyl (C=O) groups excluding carboxylic acids is 1. The maximum Gasteiger partial charge on any atom is -1.00 e. The summed E-state index contributed by atoms with van der Waals surface area (Å²) in [5, 5.41) is 0. The number of hydrogen-bond acceptors (Lipinski definition) is 2. The Balaban J connectivity index is 0.00000121. The van der Waals surface area contributed by atoms with Gasteiger partial charge in [-0.3, -0.25) is 0 Å². The number of carbonyl (C=O) groups is 1. The summed E-state index contributed by atoms with van der Waals surface area (Å²) in [4.78, 5) is 10.9. The number of hydrogen-bond donors (Lipinski definition) is 0. The van der Waals surface area contributed by atoms with Crippen LogP contribution >= 0.6 is 0 Å². The van der Waals surface area contributed by atoms with Crippen molar-refractivity contribution in [3.63, 3.8) is 0 Å². The molecule has 0 saturated heterocycles. The summed E-state index contributed by atoms with van der Waals surface area (Å²) in [7, 11) is 1.38. The Bertz CT molecular complexity index is 258. The van der Waals surface area contributed by atoms with Crippen molar-refractivity contribution in [2.24, 2.45) is 0 Å². The molecule has 0 fully saturated rings. The number of rotatable bonds is 1. The Kier molecular flexibility index (Phi) is 5.29. The van der Waals surface area contributed by atoms with Crippen LogP contribution in [0.4, 0.5) is 0 Å². The summed E-state index contributed by atoms with van der Waals surface area (Å²) in [6, 6.07) is 7.30.